The lowest BCUT2D eigenvalue weighted by molar-refractivity contribution is -0.121. The van der Waals surface area contributed by atoms with E-state index >= 15 is 0 Å². The van der Waals surface area contributed by atoms with Crippen molar-refractivity contribution >= 4 is 21.6 Å². The Bertz CT molecular complexity index is 859. The number of carbonyl (C=O) groups excluding carboxylic acids is 1. The zero-order valence-corrected chi connectivity index (χ0v) is 13.3. The first-order chi connectivity index (χ1) is 10.8. The molecule has 0 aliphatic carbocycles. The van der Waals surface area contributed by atoms with Crippen molar-refractivity contribution in [1.29, 1.82) is 0 Å². The Morgan fingerprint density at radius 3 is 2.65 bits per heavy atom. The van der Waals surface area contributed by atoms with E-state index < -0.39 is 10.0 Å². The lowest BCUT2D eigenvalue weighted by Gasteiger charge is -2.09. The molecule has 8 heteroatoms. The van der Waals surface area contributed by atoms with Gasteiger partial charge in [0.2, 0.25) is 15.9 Å². The zero-order valence-electron chi connectivity index (χ0n) is 12.5. The molecule has 0 atom stereocenters. The van der Waals surface area contributed by atoms with Gasteiger partial charge >= 0.3 is 0 Å². The summed E-state index contributed by atoms with van der Waals surface area (Å²) >= 11 is 0. The van der Waals surface area contributed by atoms with Gasteiger partial charge in [0.1, 0.15) is 6.54 Å². The summed E-state index contributed by atoms with van der Waals surface area (Å²) in [5, 5.41) is 2.69. The number of nitrogens with one attached hydrogen (secondary N) is 2. The Morgan fingerprint density at radius 2 is 1.96 bits per heavy atom. The summed E-state index contributed by atoms with van der Waals surface area (Å²) in [6.07, 6.45) is 2.61. The second kappa shape index (κ2) is 7.10. The molecule has 0 unspecified atom stereocenters. The molecule has 1 heterocycles. The molecule has 23 heavy (non-hydrogen) atoms. The van der Waals surface area contributed by atoms with Crippen LogP contribution in [-0.2, 0) is 27.9 Å². The fourth-order valence-corrected chi connectivity index (χ4v) is 2.52. The van der Waals surface area contributed by atoms with Crippen molar-refractivity contribution in [1.82, 2.24) is 9.88 Å². The average Bonchev–Trinajstić information content (AvgIpc) is 2.46. The van der Waals surface area contributed by atoms with Gasteiger partial charge in [-0.25, -0.2) is 8.42 Å². The van der Waals surface area contributed by atoms with E-state index in [0.717, 1.165) is 11.8 Å². The third-order valence-electron chi connectivity index (χ3n) is 2.93. The van der Waals surface area contributed by atoms with Gasteiger partial charge in [0, 0.05) is 24.5 Å². The highest BCUT2D eigenvalue weighted by atomic mass is 32.2. The van der Waals surface area contributed by atoms with Crippen LogP contribution >= 0.6 is 0 Å². The highest BCUT2D eigenvalue weighted by Crippen LogP contribution is 2.11. The van der Waals surface area contributed by atoms with Gasteiger partial charge in [0.25, 0.3) is 5.56 Å². The van der Waals surface area contributed by atoms with Crippen LogP contribution < -0.4 is 15.6 Å². The van der Waals surface area contributed by atoms with Gasteiger partial charge in [0.05, 0.1) is 6.26 Å². The maximum absolute atomic E-state index is 11.9. The summed E-state index contributed by atoms with van der Waals surface area (Å²) in [6.45, 7) is 0.167. The van der Waals surface area contributed by atoms with Crippen molar-refractivity contribution in [2.75, 3.05) is 11.0 Å². The summed E-state index contributed by atoms with van der Waals surface area (Å²) in [5.74, 6) is -0.306. The van der Waals surface area contributed by atoms with Crippen LogP contribution in [0.25, 0.3) is 0 Å². The minimum atomic E-state index is -3.35. The standard InChI is InChI=1S/C15H17N3O4S/c1-23(21,22)17-13-6-4-5-12(9-13)10-16-14(19)11-18-8-3-2-7-15(18)20/h2-9,17H,10-11H2,1H3,(H,16,19). The maximum Gasteiger partial charge on any atom is 0.250 e. The lowest BCUT2D eigenvalue weighted by atomic mass is 10.2. The number of carbonyl (C=O) groups is 1. The van der Waals surface area contributed by atoms with Crippen molar-refractivity contribution in [2.45, 2.75) is 13.1 Å². The van der Waals surface area contributed by atoms with Crippen LogP contribution in [0.2, 0.25) is 0 Å². The molecule has 2 N–H and O–H groups in total. The Labute approximate surface area is 134 Å². The van der Waals surface area contributed by atoms with Crippen LogP contribution in [0.15, 0.2) is 53.5 Å². The number of anilines is 1. The zero-order chi connectivity index (χ0) is 16.9. The number of hydrogen-bond acceptors (Lipinski definition) is 4. The van der Waals surface area contributed by atoms with Crippen LogP contribution in [0.5, 0.6) is 0 Å². The second-order valence-corrected chi connectivity index (χ2v) is 6.77. The van der Waals surface area contributed by atoms with Crippen LogP contribution in [-0.4, -0.2) is 25.1 Å². The normalized spacial score (nSPS) is 11.0. The Kier molecular flexibility index (Phi) is 5.17. The topological polar surface area (TPSA) is 97.3 Å². The average molecular weight is 335 g/mol. The van der Waals surface area contributed by atoms with E-state index in [1.807, 2.05) is 0 Å². The van der Waals surface area contributed by atoms with Crippen LogP contribution in [0.4, 0.5) is 5.69 Å². The summed E-state index contributed by atoms with van der Waals surface area (Å²) in [5.41, 5.74) is 0.924. The van der Waals surface area contributed by atoms with Gasteiger partial charge in [-0.05, 0) is 23.8 Å². The smallest absolute Gasteiger partial charge is 0.250 e. The molecule has 0 radical (unpaired) electrons. The Balaban J connectivity index is 1.95. The number of amides is 1. The molecule has 0 aliphatic rings. The molecule has 2 rings (SSSR count). The largest absolute Gasteiger partial charge is 0.350 e. The minimum Gasteiger partial charge on any atom is -0.350 e. The van der Waals surface area contributed by atoms with E-state index in [2.05, 4.69) is 10.0 Å². The Hall–Kier alpha value is -2.61. The summed E-state index contributed by atoms with van der Waals surface area (Å²) in [7, 11) is -3.35. The fourth-order valence-electron chi connectivity index (χ4n) is 1.96. The van der Waals surface area contributed by atoms with E-state index in [0.29, 0.717) is 5.69 Å². The monoisotopic (exact) mass is 335 g/mol. The number of nitrogens with zero attached hydrogens (tertiary/aromatic N) is 1. The molecular weight excluding hydrogens is 318 g/mol. The van der Waals surface area contributed by atoms with E-state index in [1.165, 1.54) is 10.6 Å². The molecule has 1 aromatic carbocycles. The summed E-state index contributed by atoms with van der Waals surface area (Å²) < 4.78 is 26.1. The van der Waals surface area contributed by atoms with Crippen LogP contribution in [0.1, 0.15) is 5.56 Å². The van der Waals surface area contributed by atoms with Crippen molar-refractivity contribution in [3.8, 4) is 0 Å². The number of pyridine rings is 1. The van der Waals surface area contributed by atoms with Crippen molar-refractivity contribution < 1.29 is 13.2 Å². The molecular formula is C15H17N3O4S. The number of hydrogen-bond donors (Lipinski definition) is 2. The molecule has 0 saturated heterocycles. The van der Waals surface area contributed by atoms with E-state index in [-0.39, 0.29) is 24.6 Å². The van der Waals surface area contributed by atoms with Gasteiger partial charge in [-0.3, -0.25) is 14.3 Å². The predicted octanol–water partition coefficient (Wildman–Crippen LogP) is 0.536. The minimum absolute atomic E-state index is 0.0685. The maximum atomic E-state index is 11.9. The molecule has 0 aliphatic heterocycles. The summed E-state index contributed by atoms with van der Waals surface area (Å²) in [4.78, 5) is 23.4. The van der Waals surface area contributed by atoms with E-state index in [9.17, 15) is 18.0 Å². The SMILES string of the molecule is CS(=O)(=O)Nc1cccc(CNC(=O)Cn2ccccc2=O)c1. The van der Waals surface area contributed by atoms with Gasteiger partial charge in [-0.2, -0.15) is 0 Å². The molecule has 0 bridgehead atoms. The van der Waals surface area contributed by atoms with Crippen molar-refractivity contribution in [2.24, 2.45) is 0 Å². The quantitative estimate of drug-likeness (QED) is 0.805. The molecule has 1 amide bonds. The third-order valence-corrected chi connectivity index (χ3v) is 3.54. The summed E-state index contributed by atoms with van der Waals surface area (Å²) in [6, 6.07) is 11.4. The molecule has 0 spiro atoms. The van der Waals surface area contributed by atoms with Crippen LogP contribution in [0.3, 0.4) is 0 Å². The molecule has 7 nitrogen and oxygen atoms in total. The number of sulfonamides is 1. The molecule has 0 saturated carbocycles. The molecule has 0 fully saturated rings. The van der Waals surface area contributed by atoms with E-state index in [1.54, 1.807) is 42.6 Å². The second-order valence-electron chi connectivity index (χ2n) is 5.02. The van der Waals surface area contributed by atoms with Gasteiger partial charge in [-0.15, -0.1) is 0 Å². The highest BCUT2D eigenvalue weighted by Gasteiger charge is 2.05. The molecule has 1 aromatic heterocycles. The number of aromatic nitrogens is 1. The first-order valence-electron chi connectivity index (χ1n) is 6.82. The van der Waals surface area contributed by atoms with Gasteiger partial charge in [-0.1, -0.05) is 18.2 Å². The number of benzene rings is 1. The lowest BCUT2D eigenvalue weighted by Crippen LogP contribution is -2.31. The predicted molar refractivity (Wildman–Crippen MR) is 87.5 cm³/mol. The molecule has 2 aromatic rings. The fraction of sp³-hybridized carbons (Fsp3) is 0.200. The molecule has 122 valence electrons. The van der Waals surface area contributed by atoms with Gasteiger partial charge in [0.15, 0.2) is 0 Å². The third kappa shape index (κ3) is 5.59. The van der Waals surface area contributed by atoms with Crippen LogP contribution in [0, 0.1) is 0 Å². The van der Waals surface area contributed by atoms with Crippen molar-refractivity contribution in [3.05, 3.63) is 64.6 Å². The first kappa shape index (κ1) is 16.8. The highest BCUT2D eigenvalue weighted by molar-refractivity contribution is 7.92. The van der Waals surface area contributed by atoms with Gasteiger partial charge < -0.3 is 9.88 Å². The first-order valence-corrected chi connectivity index (χ1v) is 8.71. The van der Waals surface area contributed by atoms with Crippen molar-refractivity contribution in [3.63, 3.8) is 0 Å². The van der Waals surface area contributed by atoms with E-state index in [4.69, 9.17) is 0 Å². The Morgan fingerprint density at radius 1 is 1.17 bits per heavy atom. The number of rotatable bonds is 6.